The van der Waals surface area contributed by atoms with Crippen LogP contribution >= 0.6 is 15.9 Å². The third-order valence-corrected chi connectivity index (χ3v) is 3.95. The van der Waals surface area contributed by atoms with E-state index in [-0.39, 0.29) is 6.04 Å². The molecule has 4 heteroatoms. The maximum absolute atomic E-state index is 6.09. The van der Waals surface area contributed by atoms with Gasteiger partial charge in [0.2, 0.25) is 0 Å². The first-order chi connectivity index (χ1) is 8.15. The van der Waals surface area contributed by atoms with Crippen LogP contribution in [0.2, 0.25) is 0 Å². The van der Waals surface area contributed by atoms with Gasteiger partial charge in [0.05, 0.1) is 23.9 Å². The number of imidazole rings is 1. The lowest BCUT2D eigenvalue weighted by molar-refractivity contribution is 0.659. The summed E-state index contributed by atoms with van der Waals surface area (Å²) in [6.07, 6.45) is 4.54. The molecule has 0 aliphatic heterocycles. The Bertz CT molecular complexity index is 519. The standard InChI is InChI=1S/C13H16BrN3/c1-3-10(15)12-7-16-8-17(12)11-6-4-5-9(2)13(11)14/h4-8,10H,3,15H2,1-2H3/t10-/m1/s1. The van der Waals surface area contributed by atoms with E-state index in [1.54, 1.807) is 0 Å². The van der Waals surface area contributed by atoms with Gasteiger partial charge in [0.25, 0.3) is 0 Å². The fourth-order valence-corrected chi connectivity index (χ4v) is 2.26. The number of aryl methyl sites for hydroxylation is 1. The van der Waals surface area contributed by atoms with Crippen LogP contribution < -0.4 is 5.73 Å². The number of nitrogens with zero attached hydrogens (tertiary/aromatic N) is 2. The summed E-state index contributed by atoms with van der Waals surface area (Å²) in [7, 11) is 0. The van der Waals surface area contributed by atoms with E-state index >= 15 is 0 Å². The molecule has 0 bridgehead atoms. The molecule has 0 saturated heterocycles. The van der Waals surface area contributed by atoms with Gasteiger partial charge in [-0.3, -0.25) is 0 Å². The molecule has 2 N–H and O–H groups in total. The summed E-state index contributed by atoms with van der Waals surface area (Å²) in [5.41, 5.74) is 9.42. The van der Waals surface area contributed by atoms with Crippen molar-refractivity contribution in [2.45, 2.75) is 26.3 Å². The van der Waals surface area contributed by atoms with E-state index in [0.29, 0.717) is 0 Å². The van der Waals surface area contributed by atoms with Gasteiger partial charge in [-0.05, 0) is 40.9 Å². The SMILES string of the molecule is CC[C@@H](N)c1cncn1-c1cccc(C)c1Br. The van der Waals surface area contributed by atoms with Crippen molar-refractivity contribution in [1.82, 2.24) is 9.55 Å². The Morgan fingerprint density at radius 3 is 2.94 bits per heavy atom. The monoisotopic (exact) mass is 293 g/mol. The normalized spacial score (nSPS) is 12.7. The molecule has 0 spiro atoms. The van der Waals surface area contributed by atoms with E-state index in [1.165, 1.54) is 5.56 Å². The Morgan fingerprint density at radius 1 is 1.47 bits per heavy atom. The number of benzene rings is 1. The molecule has 1 heterocycles. The van der Waals surface area contributed by atoms with Gasteiger partial charge in [0.1, 0.15) is 0 Å². The van der Waals surface area contributed by atoms with Crippen molar-refractivity contribution >= 4 is 15.9 Å². The molecule has 0 radical (unpaired) electrons. The quantitative estimate of drug-likeness (QED) is 0.943. The first-order valence-electron chi connectivity index (χ1n) is 5.68. The van der Waals surface area contributed by atoms with Crippen molar-refractivity contribution in [2.75, 3.05) is 0 Å². The minimum Gasteiger partial charge on any atom is -0.323 e. The molecular weight excluding hydrogens is 278 g/mol. The molecule has 0 unspecified atom stereocenters. The molecule has 0 aliphatic carbocycles. The van der Waals surface area contributed by atoms with Crippen molar-refractivity contribution < 1.29 is 0 Å². The highest BCUT2D eigenvalue weighted by molar-refractivity contribution is 9.10. The maximum Gasteiger partial charge on any atom is 0.0995 e. The molecule has 2 aromatic rings. The van der Waals surface area contributed by atoms with Crippen LogP contribution in [0.15, 0.2) is 35.2 Å². The fourth-order valence-electron chi connectivity index (χ4n) is 1.81. The molecule has 1 aromatic heterocycles. The van der Waals surface area contributed by atoms with Crippen molar-refractivity contribution in [3.63, 3.8) is 0 Å². The Labute approximate surface area is 110 Å². The van der Waals surface area contributed by atoms with Crippen molar-refractivity contribution in [2.24, 2.45) is 5.73 Å². The Morgan fingerprint density at radius 2 is 2.24 bits per heavy atom. The lowest BCUT2D eigenvalue weighted by Crippen LogP contribution is -2.13. The number of nitrogens with two attached hydrogens (primary N) is 1. The number of halogens is 1. The minimum atomic E-state index is 0.0184. The topological polar surface area (TPSA) is 43.8 Å². The number of aromatic nitrogens is 2. The predicted octanol–water partition coefficient (Wildman–Crippen LogP) is 3.35. The van der Waals surface area contributed by atoms with Crippen LogP contribution in [0.1, 0.15) is 30.6 Å². The summed E-state index contributed by atoms with van der Waals surface area (Å²) >= 11 is 3.62. The van der Waals surface area contributed by atoms with Gasteiger partial charge >= 0.3 is 0 Å². The van der Waals surface area contributed by atoms with Gasteiger partial charge in [-0.25, -0.2) is 4.98 Å². The molecule has 0 fully saturated rings. The zero-order valence-corrected chi connectivity index (χ0v) is 11.6. The largest absolute Gasteiger partial charge is 0.323 e. The number of hydrogen-bond donors (Lipinski definition) is 1. The third-order valence-electron chi connectivity index (χ3n) is 2.92. The predicted molar refractivity (Wildman–Crippen MR) is 73.2 cm³/mol. The van der Waals surface area contributed by atoms with Crippen LogP contribution in [-0.2, 0) is 0 Å². The zero-order chi connectivity index (χ0) is 12.4. The summed E-state index contributed by atoms with van der Waals surface area (Å²) in [6, 6.07) is 6.19. The summed E-state index contributed by atoms with van der Waals surface area (Å²) in [4.78, 5) is 4.20. The average molecular weight is 294 g/mol. The molecule has 17 heavy (non-hydrogen) atoms. The molecule has 0 aliphatic rings. The number of hydrogen-bond acceptors (Lipinski definition) is 2. The van der Waals surface area contributed by atoms with Crippen molar-refractivity contribution in [1.29, 1.82) is 0 Å². The van der Waals surface area contributed by atoms with E-state index in [0.717, 1.165) is 22.3 Å². The molecule has 2 rings (SSSR count). The highest BCUT2D eigenvalue weighted by Gasteiger charge is 2.13. The zero-order valence-electron chi connectivity index (χ0n) is 10.0. The molecular formula is C13H16BrN3. The molecule has 1 atom stereocenters. The van der Waals surface area contributed by atoms with Gasteiger partial charge < -0.3 is 10.3 Å². The Hall–Kier alpha value is -1.13. The summed E-state index contributed by atoms with van der Waals surface area (Å²) in [5.74, 6) is 0. The van der Waals surface area contributed by atoms with E-state index in [2.05, 4.69) is 46.9 Å². The van der Waals surface area contributed by atoms with Gasteiger partial charge in [-0.15, -0.1) is 0 Å². The van der Waals surface area contributed by atoms with E-state index < -0.39 is 0 Å². The first-order valence-corrected chi connectivity index (χ1v) is 6.47. The second kappa shape index (κ2) is 5.02. The summed E-state index contributed by atoms with van der Waals surface area (Å²) in [6.45, 7) is 4.15. The van der Waals surface area contributed by atoms with E-state index in [1.807, 2.05) is 23.2 Å². The lowest BCUT2D eigenvalue weighted by atomic mass is 10.1. The second-order valence-electron chi connectivity index (χ2n) is 4.11. The fraction of sp³-hybridized carbons (Fsp3) is 0.308. The summed E-state index contributed by atoms with van der Waals surface area (Å²) < 4.78 is 3.13. The second-order valence-corrected chi connectivity index (χ2v) is 4.90. The molecule has 1 aromatic carbocycles. The van der Waals surface area contributed by atoms with Crippen LogP contribution in [0.5, 0.6) is 0 Å². The molecule has 0 saturated carbocycles. The number of rotatable bonds is 3. The van der Waals surface area contributed by atoms with Crippen molar-refractivity contribution in [3.05, 3.63) is 46.5 Å². The van der Waals surface area contributed by atoms with E-state index in [9.17, 15) is 0 Å². The first kappa shape index (κ1) is 12.3. The van der Waals surface area contributed by atoms with Crippen molar-refractivity contribution in [3.8, 4) is 5.69 Å². The molecule has 0 amide bonds. The highest BCUT2D eigenvalue weighted by atomic mass is 79.9. The lowest BCUT2D eigenvalue weighted by Gasteiger charge is -2.15. The van der Waals surface area contributed by atoms with Gasteiger partial charge in [-0.1, -0.05) is 19.1 Å². The smallest absolute Gasteiger partial charge is 0.0995 e. The van der Waals surface area contributed by atoms with Gasteiger partial charge in [0, 0.05) is 10.5 Å². The highest BCUT2D eigenvalue weighted by Crippen LogP contribution is 2.27. The summed E-state index contributed by atoms with van der Waals surface area (Å²) in [5, 5.41) is 0. The minimum absolute atomic E-state index is 0.0184. The Balaban J connectivity index is 2.54. The Kier molecular flexibility index (Phi) is 3.64. The van der Waals surface area contributed by atoms with Gasteiger partial charge in [0.15, 0.2) is 0 Å². The van der Waals surface area contributed by atoms with Crippen LogP contribution in [0.4, 0.5) is 0 Å². The van der Waals surface area contributed by atoms with E-state index in [4.69, 9.17) is 5.73 Å². The van der Waals surface area contributed by atoms with Crippen LogP contribution in [0.25, 0.3) is 5.69 Å². The average Bonchev–Trinajstić information content (AvgIpc) is 2.80. The van der Waals surface area contributed by atoms with Crippen LogP contribution in [0, 0.1) is 6.92 Å². The third kappa shape index (κ3) is 2.28. The molecule has 90 valence electrons. The molecule has 3 nitrogen and oxygen atoms in total. The maximum atomic E-state index is 6.09. The van der Waals surface area contributed by atoms with Crippen LogP contribution in [0.3, 0.4) is 0 Å². The van der Waals surface area contributed by atoms with Gasteiger partial charge in [-0.2, -0.15) is 0 Å². The van der Waals surface area contributed by atoms with Crippen LogP contribution in [-0.4, -0.2) is 9.55 Å².